The van der Waals surface area contributed by atoms with Crippen molar-refractivity contribution >= 4 is 5.69 Å². The molecule has 2 rings (SSSR count). The first-order chi connectivity index (χ1) is 8.88. The van der Waals surface area contributed by atoms with Gasteiger partial charge in [-0.3, -0.25) is 0 Å². The first-order valence-corrected chi connectivity index (χ1v) is 7.06. The average molecular weight is 248 g/mol. The molecule has 1 fully saturated rings. The van der Waals surface area contributed by atoms with E-state index in [1.165, 1.54) is 19.4 Å². The smallest absolute Gasteiger partial charge is 0.121 e. The molecule has 3 nitrogen and oxygen atoms in total. The Balaban J connectivity index is 1.80. The summed E-state index contributed by atoms with van der Waals surface area (Å²) in [6, 6.07) is 8.26. The lowest BCUT2D eigenvalue weighted by Crippen LogP contribution is -2.33. The minimum Gasteiger partial charge on any atom is -0.494 e. The molecule has 0 aliphatic carbocycles. The lowest BCUT2D eigenvalue weighted by molar-refractivity contribution is 0.317. The van der Waals surface area contributed by atoms with Gasteiger partial charge in [-0.25, -0.2) is 0 Å². The standard InChI is InChI=1S/C15H24N2O/c1-2-9-18-15-7-3-6-14(10-15)17-12-13-5-4-8-16-11-13/h3,6-7,10,13,16-17H,2,4-5,8-9,11-12H2,1H3. The van der Waals surface area contributed by atoms with Gasteiger partial charge in [0, 0.05) is 18.3 Å². The molecule has 1 aliphatic heterocycles. The average Bonchev–Trinajstić information content (AvgIpc) is 2.44. The fourth-order valence-corrected chi connectivity index (χ4v) is 2.28. The van der Waals surface area contributed by atoms with Crippen molar-refractivity contribution in [1.29, 1.82) is 0 Å². The van der Waals surface area contributed by atoms with Gasteiger partial charge in [0.05, 0.1) is 6.61 Å². The second-order valence-corrected chi connectivity index (χ2v) is 4.97. The van der Waals surface area contributed by atoms with Gasteiger partial charge in [0.2, 0.25) is 0 Å². The Kier molecular flexibility index (Phi) is 5.34. The fourth-order valence-electron chi connectivity index (χ4n) is 2.28. The zero-order chi connectivity index (χ0) is 12.6. The minimum absolute atomic E-state index is 0.749. The quantitative estimate of drug-likeness (QED) is 0.812. The highest BCUT2D eigenvalue weighted by atomic mass is 16.5. The molecular weight excluding hydrogens is 224 g/mol. The van der Waals surface area contributed by atoms with E-state index >= 15 is 0 Å². The van der Waals surface area contributed by atoms with Crippen LogP contribution in [0, 0.1) is 5.92 Å². The Bertz CT molecular complexity index is 348. The van der Waals surface area contributed by atoms with Crippen LogP contribution in [0.2, 0.25) is 0 Å². The van der Waals surface area contributed by atoms with Crippen molar-refractivity contribution in [3.8, 4) is 5.75 Å². The van der Waals surface area contributed by atoms with Crippen molar-refractivity contribution in [2.24, 2.45) is 5.92 Å². The van der Waals surface area contributed by atoms with E-state index in [4.69, 9.17) is 4.74 Å². The zero-order valence-electron chi connectivity index (χ0n) is 11.2. The number of piperidine rings is 1. The second-order valence-electron chi connectivity index (χ2n) is 4.97. The van der Waals surface area contributed by atoms with Crippen LogP contribution in [0.4, 0.5) is 5.69 Å². The van der Waals surface area contributed by atoms with Crippen LogP contribution < -0.4 is 15.4 Å². The molecule has 0 amide bonds. The topological polar surface area (TPSA) is 33.3 Å². The predicted octanol–water partition coefficient (Wildman–Crippen LogP) is 2.89. The third-order valence-electron chi connectivity index (χ3n) is 3.30. The highest BCUT2D eigenvalue weighted by molar-refractivity contribution is 5.48. The SMILES string of the molecule is CCCOc1cccc(NCC2CCCNC2)c1. The highest BCUT2D eigenvalue weighted by Crippen LogP contribution is 2.18. The Hall–Kier alpha value is -1.22. The number of rotatable bonds is 6. The van der Waals surface area contributed by atoms with Crippen LogP contribution in [0.25, 0.3) is 0 Å². The van der Waals surface area contributed by atoms with E-state index in [1.807, 2.05) is 12.1 Å². The maximum atomic E-state index is 5.64. The molecule has 0 radical (unpaired) electrons. The maximum Gasteiger partial charge on any atom is 0.121 e. The van der Waals surface area contributed by atoms with Crippen LogP contribution in [0.15, 0.2) is 24.3 Å². The Labute approximate surface area is 110 Å². The molecule has 0 spiro atoms. The van der Waals surface area contributed by atoms with Gasteiger partial charge >= 0.3 is 0 Å². The third-order valence-corrected chi connectivity index (χ3v) is 3.30. The summed E-state index contributed by atoms with van der Waals surface area (Å²) in [5, 5.41) is 6.96. The lowest BCUT2D eigenvalue weighted by atomic mass is 10.00. The molecule has 0 aromatic heterocycles. The Morgan fingerprint density at radius 3 is 3.17 bits per heavy atom. The summed E-state index contributed by atoms with van der Waals surface area (Å²) in [4.78, 5) is 0. The normalized spacial score (nSPS) is 19.5. The van der Waals surface area contributed by atoms with Crippen molar-refractivity contribution in [3.63, 3.8) is 0 Å². The highest BCUT2D eigenvalue weighted by Gasteiger charge is 2.12. The summed E-state index contributed by atoms with van der Waals surface area (Å²) in [6.45, 7) is 6.27. The van der Waals surface area contributed by atoms with Crippen LogP contribution >= 0.6 is 0 Å². The van der Waals surface area contributed by atoms with Crippen LogP contribution in [-0.2, 0) is 0 Å². The first kappa shape index (κ1) is 13.2. The molecule has 1 aromatic rings. The number of nitrogens with one attached hydrogen (secondary N) is 2. The summed E-state index contributed by atoms with van der Waals surface area (Å²) >= 11 is 0. The van der Waals surface area contributed by atoms with Crippen LogP contribution in [0.3, 0.4) is 0 Å². The molecule has 0 saturated carbocycles. The molecule has 3 heteroatoms. The molecule has 100 valence electrons. The van der Waals surface area contributed by atoms with Gasteiger partial charge in [-0.15, -0.1) is 0 Å². The number of ether oxygens (including phenoxy) is 1. The number of benzene rings is 1. The van der Waals surface area contributed by atoms with Gasteiger partial charge in [-0.2, -0.15) is 0 Å². The van der Waals surface area contributed by atoms with Gasteiger partial charge in [0.1, 0.15) is 5.75 Å². The molecule has 1 atom stereocenters. The van der Waals surface area contributed by atoms with Crippen molar-refractivity contribution in [2.75, 3.05) is 31.6 Å². The van der Waals surface area contributed by atoms with E-state index in [0.717, 1.165) is 43.5 Å². The summed E-state index contributed by atoms with van der Waals surface area (Å²) < 4.78 is 5.64. The number of hydrogen-bond donors (Lipinski definition) is 2. The molecule has 18 heavy (non-hydrogen) atoms. The van der Waals surface area contributed by atoms with E-state index in [1.54, 1.807) is 0 Å². The van der Waals surface area contributed by atoms with E-state index in [9.17, 15) is 0 Å². The van der Waals surface area contributed by atoms with Crippen molar-refractivity contribution in [2.45, 2.75) is 26.2 Å². The molecule has 0 bridgehead atoms. The largest absolute Gasteiger partial charge is 0.494 e. The van der Waals surface area contributed by atoms with Gasteiger partial charge in [-0.1, -0.05) is 13.0 Å². The van der Waals surface area contributed by atoms with Crippen molar-refractivity contribution in [1.82, 2.24) is 5.32 Å². The summed E-state index contributed by atoms with van der Waals surface area (Å²) in [5.74, 6) is 1.71. The minimum atomic E-state index is 0.749. The summed E-state index contributed by atoms with van der Waals surface area (Å²) in [7, 11) is 0. The van der Waals surface area contributed by atoms with Gasteiger partial charge < -0.3 is 15.4 Å². The zero-order valence-corrected chi connectivity index (χ0v) is 11.2. The number of hydrogen-bond acceptors (Lipinski definition) is 3. The van der Waals surface area contributed by atoms with Gasteiger partial charge in [-0.05, 0) is 50.4 Å². The van der Waals surface area contributed by atoms with Gasteiger partial charge in [0.25, 0.3) is 0 Å². The Morgan fingerprint density at radius 2 is 2.39 bits per heavy atom. The van der Waals surface area contributed by atoms with Crippen LogP contribution in [-0.4, -0.2) is 26.2 Å². The van der Waals surface area contributed by atoms with E-state index < -0.39 is 0 Å². The summed E-state index contributed by atoms with van der Waals surface area (Å²) in [5.41, 5.74) is 1.16. The Morgan fingerprint density at radius 1 is 1.44 bits per heavy atom. The molecule has 1 unspecified atom stereocenters. The second kappa shape index (κ2) is 7.27. The first-order valence-electron chi connectivity index (χ1n) is 7.06. The molecule has 1 heterocycles. The van der Waals surface area contributed by atoms with Crippen molar-refractivity contribution < 1.29 is 4.74 Å². The van der Waals surface area contributed by atoms with E-state index in [2.05, 4.69) is 29.7 Å². The van der Waals surface area contributed by atoms with Gasteiger partial charge in [0.15, 0.2) is 0 Å². The lowest BCUT2D eigenvalue weighted by Gasteiger charge is -2.23. The fraction of sp³-hybridized carbons (Fsp3) is 0.600. The third kappa shape index (κ3) is 4.22. The molecule has 1 saturated heterocycles. The van der Waals surface area contributed by atoms with Crippen LogP contribution in [0.5, 0.6) is 5.75 Å². The van der Waals surface area contributed by atoms with Crippen molar-refractivity contribution in [3.05, 3.63) is 24.3 Å². The monoisotopic (exact) mass is 248 g/mol. The summed E-state index contributed by atoms with van der Waals surface area (Å²) in [6.07, 6.45) is 3.67. The maximum absolute atomic E-state index is 5.64. The molecule has 2 N–H and O–H groups in total. The molecule has 1 aliphatic rings. The van der Waals surface area contributed by atoms with E-state index in [-0.39, 0.29) is 0 Å². The number of anilines is 1. The predicted molar refractivity (Wildman–Crippen MR) is 76.3 cm³/mol. The molecular formula is C15H24N2O. The van der Waals surface area contributed by atoms with E-state index in [0.29, 0.717) is 0 Å². The molecule has 1 aromatic carbocycles. The van der Waals surface area contributed by atoms with Crippen LogP contribution in [0.1, 0.15) is 26.2 Å².